The molecule has 1 aromatic rings. The van der Waals surface area contributed by atoms with E-state index in [2.05, 4.69) is 32.7 Å². The molecule has 0 saturated carbocycles. The van der Waals surface area contributed by atoms with Crippen molar-refractivity contribution in [2.45, 2.75) is 18.9 Å². The van der Waals surface area contributed by atoms with Crippen molar-refractivity contribution in [1.29, 1.82) is 0 Å². The zero-order valence-electron chi connectivity index (χ0n) is 18.4. The predicted octanol–water partition coefficient (Wildman–Crippen LogP) is 2.94. The molecule has 1 aromatic carbocycles. The lowest BCUT2D eigenvalue weighted by atomic mass is 10.0. The zero-order chi connectivity index (χ0) is 21.0. The summed E-state index contributed by atoms with van der Waals surface area (Å²) in [6.45, 7) is 8.23. The highest BCUT2D eigenvalue weighted by Gasteiger charge is 2.23. The largest absolute Gasteiger partial charge is 0.381 e. The monoisotopic (exact) mass is 566 g/mol. The fourth-order valence-electron chi connectivity index (χ4n) is 3.79. The van der Waals surface area contributed by atoms with Crippen LogP contribution in [0.5, 0.6) is 0 Å². The molecule has 0 aliphatic carbocycles. The minimum Gasteiger partial charge on any atom is -0.381 e. The Bertz CT molecular complexity index is 638. The van der Waals surface area contributed by atoms with Crippen LogP contribution in [0.2, 0.25) is 5.02 Å². The van der Waals surface area contributed by atoms with Crippen molar-refractivity contribution in [3.05, 3.63) is 34.9 Å². The van der Waals surface area contributed by atoms with E-state index in [0.29, 0.717) is 5.92 Å². The van der Waals surface area contributed by atoms with Gasteiger partial charge in [0.25, 0.3) is 0 Å². The second-order valence-corrected chi connectivity index (χ2v) is 8.19. The molecule has 2 atom stereocenters. The van der Waals surface area contributed by atoms with Crippen molar-refractivity contribution in [3.8, 4) is 0 Å². The van der Waals surface area contributed by atoms with Gasteiger partial charge in [-0.15, -0.1) is 24.0 Å². The first kappa shape index (κ1) is 26.6. The average Bonchev–Trinajstić information content (AvgIpc) is 3.30. The first-order valence-electron chi connectivity index (χ1n) is 10.9. The van der Waals surface area contributed by atoms with E-state index in [4.69, 9.17) is 25.8 Å². The Labute approximate surface area is 208 Å². The molecule has 2 N–H and O–H groups in total. The van der Waals surface area contributed by atoms with Crippen LogP contribution < -0.4 is 10.6 Å². The van der Waals surface area contributed by atoms with Crippen LogP contribution in [0.25, 0.3) is 0 Å². The van der Waals surface area contributed by atoms with Crippen LogP contribution in [0, 0.1) is 5.92 Å². The third-order valence-electron chi connectivity index (χ3n) is 5.56. The van der Waals surface area contributed by atoms with Gasteiger partial charge in [0.05, 0.1) is 32.5 Å². The predicted molar refractivity (Wildman–Crippen MR) is 136 cm³/mol. The summed E-state index contributed by atoms with van der Waals surface area (Å²) in [6, 6.07) is 8.35. The molecule has 2 fully saturated rings. The maximum atomic E-state index is 6.09. The standard InChI is InChI=1S/C22H35ClN4O3.HI/c1-24-22(25-8-2-11-29-16-18-7-12-30-17-18)26-15-21(27-9-13-28-14-10-27)19-3-5-20(23)6-4-19;/h3-6,18,21H,2,7-17H2,1H3,(H2,24,25,26);1H. The number of hydrogen-bond acceptors (Lipinski definition) is 5. The molecule has 0 radical (unpaired) electrons. The quantitative estimate of drug-likeness (QED) is 0.197. The molecule has 0 spiro atoms. The van der Waals surface area contributed by atoms with Crippen LogP contribution in [-0.4, -0.2) is 83.7 Å². The molecule has 9 heteroatoms. The number of rotatable bonds is 10. The first-order valence-corrected chi connectivity index (χ1v) is 11.3. The molecule has 7 nitrogen and oxygen atoms in total. The molecule has 176 valence electrons. The smallest absolute Gasteiger partial charge is 0.191 e. The van der Waals surface area contributed by atoms with Gasteiger partial charge in [0.15, 0.2) is 5.96 Å². The Morgan fingerprint density at radius 2 is 1.97 bits per heavy atom. The molecule has 2 aliphatic heterocycles. The first-order chi connectivity index (χ1) is 14.8. The van der Waals surface area contributed by atoms with Gasteiger partial charge in [-0.1, -0.05) is 23.7 Å². The minimum absolute atomic E-state index is 0. The van der Waals surface area contributed by atoms with Crippen molar-refractivity contribution in [1.82, 2.24) is 15.5 Å². The van der Waals surface area contributed by atoms with E-state index in [1.807, 2.05) is 12.1 Å². The number of ether oxygens (including phenoxy) is 3. The molecule has 0 bridgehead atoms. The van der Waals surface area contributed by atoms with Crippen molar-refractivity contribution < 1.29 is 14.2 Å². The van der Waals surface area contributed by atoms with E-state index in [0.717, 1.165) is 89.6 Å². The number of guanidine groups is 1. The Morgan fingerprint density at radius 1 is 1.19 bits per heavy atom. The van der Waals surface area contributed by atoms with Crippen LogP contribution in [-0.2, 0) is 14.2 Å². The van der Waals surface area contributed by atoms with Crippen LogP contribution >= 0.6 is 35.6 Å². The highest BCUT2D eigenvalue weighted by molar-refractivity contribution is 14.0. The summed E-state index contributed by atoms with van der Waals surface area (Å²) in [5.74, 6) is 1.38. The van der Waals surface area contributed by atoms with E-state index < -0.39 is 0 Å². The van der Waals surface area contributed by atoms with Gasteiger partial charge in [0.1, 0.15) is 0 Å². The summed E-state index contributed by atoms with van der Waals surface area (Å²) in [7, 11) is 1.80. The SMILES string of the molecule is CN=C(NCCCOCC1CCOC1)NCC(c1ccc(Cl)cc1)N1CCOCC1.I. The van der Waals surface area contributed by atoms with Crippen molar-refractivity contribution in [3.63, 3.8) is 0 Å². The van der Waals surface area contributed by atoms with E-state index in [9.17, 15) is 0 Å². The third-order valence-corrected chi connectivity index (χ3v) is 5.82. The second kappa shape index (κ2) is 15.2. The maximum absolute atomic E-state index is 6.09. The molecular formula is C22H36ClIN4O3. The van der Waals surface area contributed by atoms with Gasteiger partial charge in [-0.25, -0.2) is 0 Å². The van der Waals surface area contributed by atoms with E-state index in [1.165, 1.54) is 5.56 Å². The summed E-state index contributed by atoms with van der Waals surface area (Å²) >= 11 is 6.09. The highest BCUT2D eigenvalue weighted by Crippen LogP contribution is 2.23. The fourth-order valence-corrected chi connectivity index (χ4v) is 3.92. The Morgan fingerprint density at radius 3 is 2.65 bits per heavy atom. The average molecular weight is 567 g/mol. The minimum atomic E-state index is 0. The summed E-state index contributed by atoms with van der Waals surface area (Å²) in [6.07, 6.45) is 2.06. The van der Waals surface area contributed by atoms with Gasteiger partial charge in [-0.2, -0.15) is 0 Å². The Balaban J connectivity index is 0.00000341. The second-order valence-electron chi connectivity index (χ2n) is 7.75. The summed E-state index contributed by atoms with van der Waals surface area (Å²) in [5.41, 5.74) is 1.24. The number of morpholine rings is 1. The number of aliphatic imine (C=N–C) groups is 1. The number of halogens is 2. The molecule has 0 aromatic heterocycles. The maximum Gasteiger partial charge on any atom is 0.191 e. The van der Waals surface area contributed by atoms with E-state index in [-0.39, 0.29) is 30.0 Å². The lowest BCUT2D eigenvalue weighted by molar-refractivity contribution is 0.0170. The lowest BCUT2D eigenvalue weighted by Gasteiger charge is -2.35. The van der Waals surface area contributed by atoms with Gasteiger partial charge >= 0.3 is 0 Å². The number of hydrogen-bond donors (Lipinski definition) is 2. The molecule has 0 amide bonds. The zero-order valence-corrected chi connectivity index (χ0v) is 21.4. The molecule has 2 saturated heterocycles. The van der Waals surface area contributed by atoms with Gasteiger partial charge in [-0.3, -0.25) is 9.89 Å². The molecule has 2 unspecified atom stereocenters. The fraction of sp³-hybridized carbons (Fsp3) is 0.682. The topological polar surface area (TPSA) is 67.4 Å². The molecule has 2 aliphatic rings. The van der Waals surface area contributed by atoms with Crippen LogP contribution in [0.3, 0.4) is 0 Å². The normalized spacial score (nSPS) is 20.8. The molecular weight excluding hydrogens is 531 g/mol. The highest BCUT2D eigenvalue weighted by atomic mass is 127. The van der Waals surface area contributed by atoms with Crippen molar-refractivity contribution in [2.24, 2.45) is 10.9 Å². The summed E-state index contributed by atoms with van der Waals surface area (Å²) in [4.78, 5) is 6.82. The van der Waals surface area contributed by atoms with Gasteiger partial charge in [0, 0.05) is 57.4 Å². The third kappa shape index (κ3) is 9.39. The van der Waals surface area contributed by atoms with E-state index >= 15 is 0 Å². The van der Waals surface area contributed by atoms with Gasteiger partial charge < -0.3 is 24.8 Å². The summed E-state index contributed by atoms with van der Waals surface area (Å²) in [5, 5.41) is 7.63. The lowest BCUT2D eigenvalue weighted by Crippen LogP contribution is -2.46. The number of nitrogens with one attached hydrogen (secondary N) is 2. The van der Waals surface area contributed by atoms with Crippen molar-refractivity contribution >= 4 is 41.5 Å². The Hall–Kier alpha value is -0.650. The van der Waals surface area contributed by atoms with E-state index in [1.54, 1.807) is 7.05 Å². The summed E-state index contributed by atoms with van der Waals surface area (Å²) < 4.78 is 16.7. The van der Waals surface area contributed by atoms with Crippen molar-refractivity contribution in [2.75, 3.05) is 72.9 Å². The van der Waals surface area contributed by atoms with Crippen LogP contribution in [0.4, 0.5) is 0 Å². The molecule has 2 heterocycles. The molecule has 31 heavy (non-hydrogen) atoms. The molecule has 3 rings (SSSR count). The van der Waals surface area contributed by atoms with Gasteiger partial charge in [-0.05, 0) is 30.5 Å². The van der Waals surface area contributed by atoms with Crippen LogP contribution in [0.1, 0.15) is 24.4 Å². The number of nitrogens with zero attached hydrogens (tertiary/aromatic N) is 2. The van der Waals surface area contributed by atoms with Gasteiger partial charge in [0.2, 0.25) is 0 Å². The van der Waals surface area contributed by atoms with Crippen LogP contribution in [0.15, 0.2) is 29.3 Å². The Kier molecular flexibility index (Phi) is 13.1. The number of benzene rings is 1.